The van der Waals surface area contributed by atoms with Gasteiger partial charge in [0.15, 0.2) is 0 Å². The van der Waals surface area contributed by atoms with E-state index in [0.717, 1.165) is 38.6 Å². The highest BCUT2D eigenvalue weighted by Crippen LogP contribution is 2.25. The first kappa shape index (κ1) is 28.1. The fraction of sp³-hybridized carbons (Fsp3) is 0.800. The first-order chi connectivity index (χ1) is 14.9. The van der Waals surface area contributed by atoms with Crippen LogP contribution in [0.3, 0.4) is 0 Å². The van der Waals surface area contributed by atoms with Gasteiger partial charge in [-0.3, -0.25) is 14.5 Å². The van der Waals surface area contributed by atoms with Gasteiger partial charge in [-0.1, -0.05) is 46.6 Å². The molecule has 32 heavy (non-hydrogen) atoms. The first-order valence-corrected chi connectivity index (χ1v) is 12.1. The van der Waals surface area contributed by atoms with Gasteiger partial charge in [0.2, 0.25) is 11.8 Å². The number of hydrogen-bond acceptors (Lipinski definition) is 5. The predicted molar refractivity (Wildman–Crippen MR) is 128 cm³/mol. The Morgan fingerprint density at radius 1 is 1.22 bits per heavy atom. The van der Waals surface area contributed by atoms with Crippen LogP contribution in [-0.2, 0) is 19.1 Å². The number of ether oxygens (including phenoxy) is 1. The van der Waals surface area contributed by atoms with Gasteiger partial charge in [-0.15, -0.1) is 0 Å². The van der Waals surface area contributed by atoms with Crippen molar-refractivity contribution in [2.24, 2.45) is 5.41 Å². The van der Waals surface area contributed by atoms with E-state index >= 15 is 0 Å². The number of carbonyl (C=O) groups is 3. The number of likely N-dealkylation sites (N-methyl/N-ethyl adjacent to an activating group) is 1. The van der Waals surface area contributed by atoms with Crippen LogP contribution in [0.2, 0.25) is 0 Å². The molecule has 3 atom stereocenters. The van der Waals surface area contributed by atoms with Crippen LogP contribution >= 0.6 is 0 Å². The molecular weight excluding hydrogens is 406 g/mol. The van der Waals surface area contributed by atoms with E-state index in [0.29, 0.717) is 18.2 Å². The molecule has 7 heteroatoms. The van der Waals surface area contributed by atoms with Crippen LogP contribution in [0.15, 0.2) is 11.6 Å². The van der Waals surface area contributed by atoms with Crippen LogP contribution in [0.5, 0.6) is 0 Å². The Kier molecular flexibility index (Phi) is 11.4. The van der Waals surface area contributed by atoms with Gasteiger partial charge in [-0.2, -0.15) is 0 Å². The zero-order valence-electron chi connectivity index (χ0n) is 21.5. The van der Waals surface area contributed by atoms with E-state index in [1.165, 1.54) is 0 Å². The second kappa shape index (κ2) is 13.0. The van der Waals surface area contributed by atoms with Gasteiger partial charge < -0.3 is 15.0 Å². The number of carbonyl (C=O) groups excluding carboxylic acids is 3. The maximum atomic E-state index is 13.3. The number of nitrogens with zero attached hydrogens (tertiary/aromatic N) is 2. The van der Waals surface area contributed by atoms with Crippen molar-refractivity contribution in [3.05, 3.63) is 11.6 Å². The molecule has 0 saturated carbocycles. The van der Waals surface area contributed by atoms with Gasteiger partial charge in [0.05, 0.1) is 12.6 Å². The standard InChI is InChI=1S/C25H45N3O4/c1-9-13-19(4)28-16-12-11-14-20(28)22(29)26-21(25(5,6)7)23(30)27(8)17-15-18(3)24(31)32-10-2/h15,19-21H,9-14,16-17H2,1-8H3,(H,26,29)/b18-15+. The van der Waals surface area contributed by atoms with E-state index in [4.69, 9.17) is 4.74 Å². The zero-order chi connectivity index (χ0) is 24.5. The molecule has 0 aromatic heterocycles. The molecule has 0 spiro atoms. The van der Waals surface area contributed by atoms with Crippen LogP contribution in [0.1, 0.15) is 80.6 Å². The number of rotatable bonds is 10. The Balaban J connectivity index is 2.93. The van der Waals surface area contributed by atoms with Crippen molar-refractivity contribution in [3.63, 3.8) is 0 Å². The summed E-state index contributed by atoms with van der Waals surface area (Å²) in [4.78, 5) is 42.3. The van der Waals surface area contributed by atoms with Crippen molar-refractivity contribution in [1.29, 1.82) is 0 Å². The maximum Gasteiger partial charge on any atom is 0.333 e. The van der Waals surface area contributed by atoms with E-state index in [1.54, 1.807) is 31.9 Å². The second-order valence-corrected chi connectivity index (χ2v) is 10.0. The Bertz CT molecular complexity index is 669. The third kappa shape index (κ3) is 8.23. The predicted octanol–water partition coefficient (Wildman–Crippen LogP) is 3.53. The largest absolute Gasteiger partial charge is 0.463 e. The third-order valence-corrected chi connectivity index (χ3v) is 6.16. The molecule has 0 radical (unpaired) electrons. The molecule has 0 aromatic carbocycles. The lowest BCUT2D eigenvalue weighted by Gasteiger charge is -2.41. The molecule has 1 fully saturated rings. The van der Waals surface area contributed by atoms with Gasteiger partial charge >= 0.3 is 5.97 Å². The Hall–Kier alpha value is -1.89. The summed E-state index contributed by atoms with van der Waals surface area (Å²) in [5.41, 5.74) is 0.0145. The molecule has 1 rings (SSSR count). The van der Waals surface area contributed by atoms with Gasteiger partial charge in [-0.05, 0) is 52.0 Å². The molecule has 1 heterocycles. The third-order valence-electron chi connectivity index (χ3n) is 6.16. The molecule has 2 amide bonds. The topological polar surface area (TPSA) is 79.0 Å². The molecule has 0 aromatic rings. The lowest BCUT2D eigenvalue weighted by Crippen LogP contribution is -2.59. The molecule has 184 valence electrons. The Morgan fingerprint density at radius 2 is 1.88 bits per heavy atom. The monoisotopic (exact) mass is 451 g/mol. The average Bonchev–Trinajstić information content (AvgIpc) is 2.74. The minimum absolute atomic E-state index is 0.0624. The lowest BCUT2D eigenvalue weighted by molar-refractivity contribution is -0.140. The molecule has 0 aliphatic carbocycles. The highest BCUT2D eigenvalue weighted by Gasteiger charge is 2.38. The van der Waals surface area contributed by atoms with Crippen molar-refractivity contribution in [2.75, 3.05) is 26.7 Å². The average molecular weight is 452 g/mol. The summed E-state index contributed by atoms with van der Waals surface area (Å²) in [7, 11) is 1.69. The number of hydrogen-bond donors (Lipinski definition) is 1. The van der Waals surface area contributed by atoms with Crippen molar-refractivity contribution in [2.45, 2.75) is 98.7 Å². The molecule has 1 aliphatic heterocycles. The summed E-state index contributed by atoms with van der Waals surface area (Å²) in [6.45, 7) is 15.2. The quantitative estimate of drug-likeness (QED) is 0.406. The summed E-state index contributed by atoms with van der Waals surface area (Å²) in [5, 5.41) is 3.08. The van der Waals surface area contributed by atoms with Crippen LogP contribution in [0.4, 0.5) is 0 Å². The van der Waals surface area contributed by atoms with Crippen molar-refractivity contribution < 1.29 is 19.1 Å². The van der Waals surface area contributed by atoms with E-state index in [9.17, 15) is 14.4 Å². The van der Waals surface area contributed by atoms with Crippen LogP contribution in [0.25, 0.3) is 0 Å². The van der Waals surface area contributed by atoms with Crippen LogP contribution < -0.4 is 5.32 Å². The van der Waals surface area contributed by atoms with E-state index in [2.05, 4.69) is 24.1 Å². The summed E-state index contributed by atoms with van der Waals surface area (Å²) in [6.07, 6.45) is 6.78. The van der Waals surface area contributed by atoms with Crippen LogP contribution in [0, 0.1) is 5.41 Å². The van der Waals surface area contributed by atoms with Crippen molar-refractivity contribution in [1.82, 2.24) is 15.1 Å². The summed E-state index contributed by atoms with van der Waals surface area (Å²) in [5.74, 6) is -0.608. The van der Waals surface area contributed by atoms with Crippen LogP contribution in [-0.4, -0.2) is 72.5 Å². The number of piperidine rings is 1. The van der Waals surface area contributed by atoms with E-state index in [-0.39, 0.29) is 30.4 Å². The van der Waals surface area contributed by atoms with Gasteiger partial charge in [0.1, 0.15) is 6.04 Å². The molecule has 7 nitrogen and oxygen atoms in total. The summed E-state index contributed by atoms with van der Waals surface area (Å²) >= 11 is 0. The molecular formula is C25H45N3O4. The summed E-state index contributed by atoms with van der Waals surface area (Å²) < 4.78 is 4.99. The fourth-order valence-electron chi connectivity index (χ4n) is 4.15. The van der Waals surface area contributed by atoms with Gasteiger partial charge in [0, 0.05) is 25.2 Å². The minimum atomic E-state index is -0.651. The molecule has 1 aliphatic rings. The number of nitrogens with one attached hydrogen (secondary N) is 1. The van der Waals surface area contributed by atoms with Crippen molar-refractivity contribution in [3.8, 4) is 0 Å². The Morgan fingerprint density at radius 3 is 2.44 bits per heavy atom. The molecule has 1 saturated heterocycles. The Labute approximate surface area is 194 Å². The molecule has 3 unspecified atom stereocenters. The second-order valence-electron chi connectivity index (χ2n) is 10.0. The SMILES string of the molecule is CCCC(C)N1CCCCC1C(=O)NC(C(=O)N(C)C/C=C(\C)C(=O)OCC)C(C)(C)C. The summed E-state index contributed by atoms with van der Waals surface area (Å²) in [6, 6.07) is -0.501. The van der Waals surface area contributed by atoms with Crippen molar-refractivity contribution >= 4 is 17.8 Å². The highest BCUT2D eigenvalue weighted by atomic mass is 16.5. The zero-order valence-corrected chi connectivity index (χ0v) is 21.5. The lowest BCUT2D eigenvalue weighted by atomic mass is 9.85. The van der Waals surface area contributed by atoms with Gasteiger partial charge in [-0.25, -0.2) is 4.79 Å². The molecule has 1 N–H and O–H groups in total. The first-order valence-electron chi connectivity index (χ1n) is 12.1. The number of amides is 2. The highest BCUT2D eigenvalue weighted by molar-refractivity contribution is 5.91. The smallest absolute Gasteiger partial charge is 0.333 e. The van der Waals surface area contributed by atoms with Gasteiger partial charge in [0.25, 0.3) is 0 Å². The molecule has 0 bridgehead atoms. The number of likely N-dealkylation sites (tertiary alicyclic amines) is 1. The normalized spacial score (nSPS) is 19.8. The number of esters is 1. The fourth-order valence-corrected chi connectivity index (χ4v) is 4.15. The maximum absolute atomic E-state index is 13.3. The van der Waals surface area contributed by atoms with E-state index < -0.39 is 11.5 Å². The minimum Gasteiger partial charge on any atom is -0.463 e. The van der Waals surface area contributed by atoms with E-state index in [1.807, 2.05) is 20.8 Å².